The van der Waals surface area contributed by atoms with E-state index in [1.54, 1.807) is 6.20 Å². The quantitative estimate of drug-likeness (QED) is 0.825. The van der Waals surface area contributed by atoms with Crippen molar-refractivity contribution in [1.29, 1.82) is 0 Å². The van der Waals surface area contributed by atoms with E-state index in [9.17, 15) is 0 Å². The second kappa shape index (κ2) is 4.75. The monoisotopic (exact) mass is 223 g/mol. The van der Waals surface area contributed by atoms with Crippen LogP contribution in [0.3, 0.4) is 0 Å². The maximum absolute atomic E-state index is 5.94. The number of nitrogens with two attached hydrogens (primary N) is 1. The molecule has 1 aromatic rings. The smallest absolute Gasteiger partial charge is 0.149 e. The first-order chi connectivity index (χ1) is 7.27. The Morgan fingerprint density at radius 2 is 2.53 bits per heavy atom. The van der Waals surface area contributed by atoms with Gasteiger partial charge in [0.1, 0.15) is 5.82 Å². The van der Waals surface area contributed by atoms with E-state index in [2.05, 4.69) is 10.3 Å². The zero-order valence-corrected chi connectivity index (χ0v) is 9.81. The van der Waals surface area contributed by atoms with E-state index < -0.39 is 0 Å². The molecular formula is C11H17N3S. The van der Waals surface area contributed by atoms with Crippen LogP contribution in [0.25, 0.3) is 0 Å². The Bertz CT molecular complexity index is 335. The average Bonchev–Trinajstić information content (AvgIpc) is 2.73. The molecule has 4 heteroatoms. The largest absolute Gasteiger partial charge is 0.396 e. The van der Waals surface area contributed by atoms with Gasteiger partial charge in [0.25, 0.3) is 0 Å². The molecule has 1 saturated heterocycles. The van der Waals surface area contributed by atoms with E-state index in [4.69, 9.17) is 5.73 Å². The van der Waals surface area contributed by atoms with Gasteiger partial charge in [-0.3, -0.25) is 0 Å². The molecule has 0 spiro atoms. The minimum Gasteiger partial charge on any atom is -0.396 e. The summed E-state index contributed by atoms with van der Waals surface area (Å²) >= 11 is 2.04. The number of pyridine rings is 1. The first-order valence-electron chi connectivity index (χ1n) is 5.34. The molecule has 0 saturated carbocycles. The van der Waals surface area contributed by atoms with Gasteiger partial charge in [0.2, 0.25) is 0 Å². The highest BCUT2D eigenvalue weighted by Crippen LogP contribution is 2.27. The summed E-state index contributed by atoms with van der Waals surface area (Å²) in [4.78, 5) is 4.25. The molecular weight excluding hydrogens is 206 g/mol. The van der Waals surface area contributed by atoms with Crippen molar-refractivity contribution in [3.05, 3.63) is 17.8 Å². The van der Waals surface area contributed by atoms with Crippen LogP contribution in [0.15, 0.2) is 12.3 Å². The molecule has 82 valence electrons. The van der Waals surface area contributed by atoms with E-state index in [0.717, 1.165) is 28.9 Å². The SMILES string of the molecule is Cc1ccnc(NCC2CCCS2)c1N. The maximum Gasteiger partial charge on any atom is 0.149 e. The summed E-state index contributed by atoms with van der Waals surface area (Å²) in [5.74, 6) is 2.13. The highest BCUT2D eigenvalue weighted by Gasteiger charge is 2.15. The van der Waals surface area contributed by atoms with Crippen molar-refractivity contribution in [2.24, 2.45) is 0 Å². The van der Waals surface area contributed by atoms with Crippen LogP contribution in [0, 0.1) is 6.92 Å². The van der Waals surface area contributed by atoms with Crippen molar-refractivity contribution in [2.45, 2.75) is 25.0 Å². The molecule has 15 heavy (non-hydrogen) atoms. The van der Waals surface area contributed by atoms with Crippen molar-refractivity contribution < 1.29 is 0 Å². The number of nitrogens with one attached hydrogen (secondary N) is 1. The second-order valence-corrected chi connectivity index (χ2v) is 5.31. The predicted molar refractivity (Wildman–Crippen MR) is 67.4 cm³/mol. The number of hydrogen-bond acceptors (Lipinski definition) is 4. The van der Waals surface area contributed by atoms with E-state index in [0.29, 0.717) is 0 Å². The minimum absolute atomic E-state index is 0.728. The molecule has 3 nitrogen and oxygen atoms in total. The fourth-order valence-corrected chi connectivity index (χ4v) is 2.93. The zero-order valence-electron chi connectivity index (χ0n) is 8.99. The lowest BCUT2D eigenvalue weighted by Gasteiger charge is -2.13. The van der Waals surface area contributed by atoms with Gasteiger partial charge >= 0.3 is 0 Å². The van der Waals surface area contributed by atoms with Gasteiger partial charge in [-0.05, 0) is 37.1 Å². The molecule has 0 aromatic carbocycles. The summed E-state index contributed by atoms with van der Waals surface area (Å²) in [5.41, 5.74) is 7.80. The third kappa shape index (κ3) is 2.56. The summed E-state index contributed by atoms with van der Waals surface area (Å²) in [6.45, 7) is 2.98. The van der Waals surface area contributed by atoms with Crippen LogP contribution >= 0.6 is 11.8 Å². The maximum atomic E-state index is 5.94. The fraction of sp³-hybridized carbons (Fsp3) is 0.545. The zero-order chi connectivity index (χ0) is 10.7. The van der Waals surface area contributed by atoms with Crippen LogP contribution in [-0.2, 0) is 0 Å². The lowest BCUT2D eigenvalue weighted by Crippen LogP contribution is -2.15. The molecule has 2 heterocycles. The Kier molecular flexibility index (Phi) is 3.36. The van der Waals surface area contributed by atoms with E-state index in [1.807, 2.05) is 24.8 Å². The highest BCUT2D eigenvalue weighted by molar-refractivity contribution is 8.00. The Labute approximate surface area is 94.8 Å². The molecule has 3 N–H and O–H groups in total. The minimum atomic E-state index is 0.728. The molecule has 0 radical (unpaired) electrons. The Hall–Kier alpha value is -0.900. The summed E-state index contributed by atoms with van der Waals surface area (Å²) in [6.07, 6.45) is 4.45. The van der Waals surface area contributed by atoms with Crippen LogP contribution in [0.5, 0.6) is 0 Å². The molecule has 1 fully saturated rings. The van der Waals surface area contributed by atoms with Gasteiger partial charge in [0.15, 0.2) is 0 Å². The molecule has 0 bridgehead atoms. The Morgan fingerprint density at radius 3 is 3.27 bits per heavy atom. The van der Waals surface area contributed by atoms with Crippen LogP contribution < -0.4 is 11.1 Å². The molecule has 1 aliphatic heterocycles. The second-order valence-electron chi connectivity index (χ2n) is 3.91. The first kappa shape index (κ1) is 10.6. The lowest BCUT2D eigenvalue weighted by atomic mass is 10.2. The van der Waals surface area contributed by atoms with E-state index in [-0.39, 0.29) is 0 Å². The molecule has 0 amide bonds. The Balaban J connectivity index is 1.95. The predicted octanol–water partition coefficient (Wildman–Crippen LogP) is 2.28. The van der Waals surface area contributed by atoms with Gasteiger partial charge in [-0.15, -0.1) is 0 Å². The van der Waals surface area contributed by atoms with Crippen LogP contribution in [-0.4, -0.2) is 22.5 Å². The highest BCUT2D eigenvalue weighted by atomic mass is 32.2. The molecule has 2 rings (SSSR count). The summed E-state index contributed by atoms with van der Waals surface area (Å²) < 4.78 is 0. The van der Waals surface area contributed by atoms with Gasteiger partial charge in [0.05, 0.1) is 5.69 Å². The summed E-state index contributed by atoms with van der Waals surface area (Å²) in [6, 6.07) is 1.94. The molecule has 0 aliphatic carbocycles. The van der Waals surface area contributed by atoms with Gasteiger partial charge in [-0.2, -0.15) is 11.8 Å². The third-order valence-corrected chi connectivity index (χ3v) is 4.13. The fourth-order valence-electron chi connectivity index (χ4n) is 1.73. The van der Waals surface area contributed by atoms with Crippen LogP contribution in [0.2, 0.25) is 0 Å². The number of aromatic nitrogens is 1. The molecule has 1 unspecified atom stereocenters. The van der Waals surface area contributed by atoms with Gasteiger partial charge in [0, 0.05) is 18.0 Å². The lowest BCUT2D eigenvalue weighted by molar-refractivity contribution is 0.803. The Morgan fingerprint density at radius 1 is 1.67 bits per heavy atom. The number of aryl methyl sites for hydroxylation is 1. The first-order valence-corrected chi connectivity index (χ1v) is 6.39. The topological polar surface area (TPSA) is 50.9 Å². The number of nitrogen functional groups attached to an aromatic ring is 1. The standard InChI is InChI=1S/C11H17N3S/c1-8-4-5-13-11(10(8)12)14-7-9-3-2-6-15-9/h4-5,9H,2-3,6-7,12H2,1H3,(H,13,14). The molecule has 1 aliphatic rings. The third-order valence-electron chi connectivity index (χ3n) is 2.73. The van der Waals surface area contributed by atoms with E-state index >= 15 is 0 Å². The van der Waals surface area contributed by atoms with Gasteiger partial charge < -0.3 is 11.1 Å². The number of nitrogens with zero attached hydrogens (tertiary/aromatic N) is 1. The van der Waals surface area contributed by atoms with Gasteiger partial charge in [-0.25, -0.2) is 4.98 Å². The average molecular weight is 223 g/mol. The number of anilines is 2. The van der Waals surface area contributed by atoms with Crippen molar-refractivity contribution in [3.8, 4) is 0 Å². The van der Waals surface area contributed by atoms with Crippen molar-refractivity contribution in [2.75, 3.05) is 23.3 Å². The van der Waals surface area contributed by atoms with Crippen molar-refractivity contribution in [1.82, 2.24) is 4.98 Å². The number of thioether (sulfide) groups is 1. The van der Waals surface area contributed by atoms with Crippen molar-refractivity contribution >= 4 is 23.3 Å². The summed E-state index contributed by atoms with van der Waals surface area (Å²) in [7, 11) is 0. The molecule has 1 atom stereocenters. The van der Waals surface area contributed by atoms with E-state index in [1.165, 1.54) is 18.6 Å². The molecule has 1 aromatic heterocycles. The van der Waals surface area contributed by atoms with Crippen LogP contribution in [0.1, 0.15) is 18.4 Å². The van der Waals surface area contributed by atoms with Crippen LogP contribution in [0.4, 0.5) is 11.5 Å². The van der Waals surface area contributed by atoms with Crippen molar-refractivity contribution in [3.63, 3.8) is 0 Å². The normalized spacial score (nSPS) is 20.5. The number of rotatable bonds is 3. The van der Waals surface area contributed by atoms with Gasteiger partial charge in [-0.1, -0.05) is 0 Å². The number of hydrogen-bond donors (Lipinski definition) is 2. The summed E-state index contributed by atoms with van der Waals surface area (Å²) in [5, 5.41) is 4.07.